The van der Waals surface area contributed by atoms with Crippen LogP contribution in [0.3, 0.4) is 0 Å². The molecule has 2 rings (SSSR count). The van der Waals surface area contributed by atoms with Crippen LogP contribution in [0.1, 0.15) is 19.0 Å². The van der Waals surface area contributed by atoms with Crippen molar-refractivity contribution in [3.05, 3.63) is 58.9 Å². The van der Waals surface area contributed by atoms with Crippen molar-refractivity contribution in [2.24, 2.45) is 0 Å². The molecule has 0 saturated carbocycles. The van der Waals surface area contributed by atoms with Gasteiger partial charge in [0.2, 0.25) is 0 Å². The summed E-state index contributed by atoms with van der Waals surface area (Å²) in [6.45, 7) is 2.10. The third kappa shape index (κ3) is 2.57. The monoisotopic (exact) mass is 217 g/mol. The van der Waals surface area contributed by atoms with Crippen molar-refractivity contribution < 1.29 is 0 Å². The Balaban J connectivity index is 2.29. The maximum Gasteiger partial charge on any atom is 0.0699 e. The van der Waals surface area contributed by atoms with E-state index in [9.17, 15) is 0 Å². The van der Waals surface area contributed by atoms with Gasteiger partial charge < -0.3 is 0 Å². The van der Waals surface area contributed by atoms with Gasteiger partial charge in [0.15, 0.2) is 0 Å². The lowest BCUT2D eigenvalue weighted by Crippen LogP contribution is -1.85. The van der Waals surface area contributed by atoms with E-state index in [1.54, 1.807) is 6.20 Å². The first kappa shape index (κ1) is 10.2. The van der Waals surface area contributed by atoms with E-state index in [1.807, 2.05) is 12.1 Å². The molecule has 0 aromatic carbocycles. The highest BCUT2D eigenvalue weighted by Crippen LogP contribution is 2.19. The minimum Gasteiger partial charge on any atom is -0.255 e. The molecule has 0 atom stereocenters. The van der Waals surface area contributed by atoms with Gasteiger partial charge >= 0.3 is 0 Å². The van der Waals surface area contributed by atoms with Gasteiger partial charge in [-0.05, 0) is 31.1 Å². The second-order valence-electron chi connectivity index (χ2n) is 3.54. The molecule has 1 aromatic rings. The van der Waals surface area contributed by atoms with Crippen molar-refractivity contribution in [2.75, 3.05) is 0 Å². The average molecular weight is 218 g/mol. The van der Waals surface area contributed by atoms with E-state index in [2.05, 4.69) is 36.2 Å². The van der Waals surface area contributed by atoms with Gasteiger partial charge in [-0.2, -0.15) is 0 Å². The molecule has 1 nitrogen and oxygen atoms in total. The maximum atomic E-state index is 5.80. The Labute approximate surface area is 94.8 Å². The van der Waals surface area contributed by atoms with Crippen molar-refractivity contribution in [1.29, 1.82) is 0 Å². The molecular formula is C13H12ClN. The highest BCUT2D eigenvalue weighted by Gasteiger charge is 2.01. The highest BCUT2D eigenvalue weighted by atomic mass is 35.5. The molecule has 0 radical (unpaired) electrons. The van der Waals surface area contributed by atoms with Gasteiger partial charge in [-0.15, -0.1) is 0 Å². The first-order valence-electron chi connectivity index (χ1n) is 4.92. The SMILES string of the molecule is CC1=CCC=C(c2ccc(Cl)cn2)C=C1. The summed E-state index contributed by atoms with van der Waals surface area (Å²) < 4.78 is 0. The Bertz CT molecular complexity index is 438. The Hall–Kier alpha value is -1.34. The minimum atomic E-state index is 0.672. The molecule has 1 aliphatic carbocycles. The fraction of sp³-hybridized carbons (Fsp3) is 0.154. The molecule has 76 valence electrons. The molecule has 0 saturated heterocycles. The van der Waals surface area contributed by atoms with E-state index in [0.717, 1.165) is 17.7 Å². The van der Waals surface area contributed by atoms with Gasteiger partial charge in [-0.25, -0.2) is 0 Å². The summed E-state index contributed by atoms with van der Waals surface area (Å²) in [6.07, 6.45) is 11.2. The molecule has 0 N–H and O–H groups in total. The third-order valence-electron chi connectivity index (χ3n) is 2.33. The van der Waals surface area contributed by atoms with E-state index in [0.29, 0.717) is 5.02 Å². The van der Waals surface area contributed by atoms with Crippen LogP contribution in [-0.2, 0) is 0 Å². The summed E-state index contributed by atoms with van der Waals surface area (Å²) in [5, 5.41) is 0.672. The smallest absolute Gasteiger partial charge is 0.0699 e. The number of pyridine rings is 1. The lowest BCUT2D eigenvalue weighted by Gasteiger charge is -2.00. The van der Waals surface area contributed by atoms with Crippen LogP contribution in [0.5, 0.6) is 0 Å². The predicted molar refractivity (Wildman–Crippen MR) is 64.7 cm³/mol. The zero-order valence-electron chi connectivity index (χ0n) is 8.57. The van der Waals surface area contributed by atoms with Gasteiger partial charge in [-0.1, -0.05) is 41.5 Å². The zero-order chi connectivity index (χ0) is 10.7. The molecule has 2 heteroatoms. The molecule has 0 unspecified atom stereocenters. The van der Waals surface area contributed by atoms with Crippen LogP contribution in [0.15, 0.2) is 48.2 Å². The van der Waals surface area contributed by atoms with Crippen LogP contribution in [0, 0.1) is 0 Å². The van der Waals surface area contributed by atoms with E-state index >= 15 is 0 Å². The Kier molecular flexibility index (Phi) is 3.02. The van der Waals surface area contributed by atoms with Gasteiger partial charge in [-0.3, -0.25) is 4.98 Å². The van der Waals surface area contributed by atoms with Crippen LogP contribution in [0.4, 0.5) is 0 Å². The van der Waals surface area contributed by atoms with Crippen LogP contribution >= 0.6 is 11.6 Å². The number of halogens is 1. The molecule has 0 aliphatic heterocycles. The van der Waals surface area contributed by atoms with Gasteiger partial charge in [0.1, 0.15) is 0 Å². The maximum absolute atomic E-state index is 5.80. The molecular weight excluding hydrogens is 206 g/mol. The summed E-state index contributed by atoms with van der Waals surface area (Å²) in [5.41, 5.74) is 3.41. The number of allylic oxidation sites excluding steroid dienone is 6. The van der Waals surface area contributed by atoms with Crippen molar-refractivity contribution in [1.82, 2.24) is 4.98 Å². The van der Waals surface area contributed by atoms with Crippen molar-refractivity contribution >= 4 is 17.2 Å². The number of rotatable bonds is 1. The molecule has 1 heterocycles. The van der Waals surface area contributed by atoms with E-state index in [1.165, 1.54) is 5.57 Å². The summed E-state index contributed by atoms with van der Waals surface area (Å²) in [6, 6.07) is 3.81. The van der Waals surface area contributed by atoms with Crippen LogP contribution in [0.2, 0.25) is 5.02 Å². The van der Waals surface area contributed by atoms with Gasteiger partial charge in [0.25, 0.3) is 0 Å². The average Bonchev–Trinajstić information content (AvgIpc) is 2.44. The molecule has 1 aliphatic rings. The lowest BCUT2D eigenvalue weighted by atomic mass is 10.1. The Morgan fingerprint density at radius 2 is 2.07 bits per heavy atom. The second kappa shape index (κ2) is 4.45. The summed E-state index contributed by atoms with van der Waals surface area (Å²) in [7, 11) is 0. The Morgan fingerprint density at radius 3 is 2.80 bits per heavy atom. The summed E-state index contributed by atoms with van der Waals surface area (Å²) >= 11 is 5.80. The van der Waals surface area contributed by atoms with Crippen molar-refractivity contribution in [3.63, 3.8) is 0 Å². The largest absolute Gasteiger partial charge is 0.255 e. The van der Waals surface area contributed by atoms with E-state index < -0.39 is 0 Å². The Morgan fingerprint density at radius 1 is 1.20 bits per heavy atom. The predicted octanol–water partition coefficient (Wildman–Crippen LogP) is 4.02. The molecule has 0 amide bonds. The fourth-order valence-corrected chi connectivity index (χ4v) is 1.58. The first-order valence-corrected chi connectivity index (χ1v) is 5.30. The standard InChI is InChI=1S/C13H12ClN/c1-10-3-2-4-11(6-5-10)13-8-7-12(14)9-15-13/h3-9H,2H2,1H3. The van der Waals surface area contributed by atoms with Gasteiger partial charge in [0.05, 0.1) is 10.7 Å². The molecule has 1 aromatic heterocycles. The first-order chi connectivity index (χ1) is 7.25. The summed E-state index contributed by atoms with van der Waals surface area (Å²) in [5.74, 6) is 0. The minimum absolute atomic E-state index is 0.672. The molecule has 15 heavy (non-hydrogen) atoms. The van der Waals surface area contributed by atoms with Crippen molar-refractivity contribution in [2.45, 2.75) is 13.3 Å². The van der Waals surface area contributed by atoms with E-state index in [4.69, 9.17) is 11.6 Å². The second-order valence-corrected chi connectivity index (χ2v) is 3.97. The zero-order valence-corrected chi connectivity index (χ0v) is 9.33. The number of aromatic nitrogens is 1. The summed E-state index contributed by atoms with van der Waals surface area (Å²) in [4.78, 5) is 4.29. The van der Waals surface area contributed by atoms with Gasteiger partial charge in [0, 0.05) is 6.20 Å². The topological polar surface area (TPSA) is 12.9 Å². The quantitative estimate of drug-likeness (QED) is 0.692. The fourth-order valence-electron chi connectivity index (χ4n) is 1.47. The lowest BCUT2D eigenvalue weighted by molar-refractivity contribution is 1.27. The van der Waals surface area contributed by atoms with Crippen LogP contribution in [-0.4, -0.2) is 4.98 Å². The van der Waals surface area contributed by atoms with E-state index in [-0.39, 0.29) is 0 Å². The number of hydrogen-bond acceptors (Lipinski definition) is 1. The third-order valence-corrected chi connectivity index (χ3v) is 2.55. The molecule has 0 fully saturated rings. The highest BCUT2D eigenvalue weighted by molar-refractivity contribution is 6.30. The van der Waals surface area contributed by atoms with Crippen LogP contribution in [0.25, 0.3) is 5.57 Å². The normalized spacial score (nSPS) is 15.6. The number of nitrogens with zero attached hydrogens (tertiary/aromatic N) is 1. The van der Waals surface area contributed by atoms with Crippen LogP contribution < -0.4 is 0 Å². The molecule has 0 bridgehead atoms. The number of hydrogen-bond donors (Lipinski definition) is 0. The molecule has 0 spiro atoms. The van der Waals surface area contributed by atoms with Crippen molar-refractivity contribution in [3.8, 4) is 0 Å².